The van der Waals surface area contributed by atoms with Crippen LogP contribution in [-0.4, -0.2) is 25.6 Å². The molecule has 3 aromatic carbocycles. The molecule has 7 nitrogen and oxygen atoms in total. The number of ether oxygens (including phenoxy) is 1. The second-order valence-electron chi connectivity index (χ2n) is 10.1. The smallest absolute Gasteiger partial charge is 0.307 e. The van der Waals surface area contributed by atoms with Gasteiger partial charge in [-0.15, -0.1) is 0 Å². The molecule has 6 rings (SSSR count). The molecule has 1 aliphatic carbocycles. The van der Waals surface area contributed by atoms with Gasteiger partial charge in [-0.2, -0.15) is 5.26 Å². The van der Waals surface area contributed by atoms with Gasteiger partial charge in [0.25, 0.3) is 0 Å². The summed E-state index contributed by atoms with van der Waals surface area (Å²) in [5, 5.41) is 20.7. The van der Waals surface area contributed by atoms with Crippen LogP contribution in [0.15, 0.2) is 78.9 Å². The number of para-hydroxylation sites is 1. The highest BCUT2D eigenvalue weighted by Gasteiger charge is 2.35. The number of carboxylic acids is 1. The molecule has 1 N–H and O–H groups in total. The van der Waals surface area contributed by atoms with Crippen LogP contribution < -0.4 is 4.74 Å². The van der Waals surface area contributed by atoms with Gasteiger partial charge in [-0.25, -0.2) is 9.97 Å². The fraction of sp³-hybridized carbons (Fsp3) is 0.250. The van der Waals surface area contributed by atoms with Gasteiger partial charge in [-0.05, 0) is 48.7 Å². The second kappa shape index (κ2) is 10.6. The number of carbonyl (C=O) groups is 1. The van der Waals surface area contributed by atoms with E-state index in [9.17, 15) is 15.2 Å². The molecular formula is C32H28N4O3. The predicted molar refractivity (Wildman–Crippen MR) is 148 cm³/mol. The van der Waals surface area contributed by atoms with E-state index in [4.69, 9.17) is 14.7 Å². The van der Waals surface area contributed by atoms with Gasteiger partial charge in [0.15, 0.2) is 0 Å². The summed E-state index contributed by atoms with van der Waals surface area (Å²) in [4.78, 5) is 21.9. The van der Waals surface area contributed by atoms with E-state index >= 15 is 0 Å². The molecule has 5 aromatic rings. The van der Waals surface area contributed by atoms with Crippen LogP contribution in [0.5, 0.6) is 5.75 Å². The maximum absolute atomic E-state index is 12.2. The first-order valence-corrected chi connectivity index (χ1v) is 13.3. The number of nitrogens with zero attached hydrogens (tertiary/aromatic N) is 4. The van der Waals surface area contributed by atoms with Crippen molar-refractivity contribution >= 4 is 27.9 Å². The third-order valence-electron chi connectivity index (χ3n) is 7.67. The average Bonchev–Trinajstić information content (AvgIpc) is 3.33. The molecule has 7 heteroatoms. The number of hydrogen-bond acceptors (Lipinski definition) is 5. The molecule has 2 atom stereocenters. The number of aromatic nitrogens is 3. The van der Waals surface area contributed by atoms with Crippen molar-refractivity contribution in [2.45, 2.75) is 44.8 Å². The molecule has 2 heterocycles. The van der Waals surface area contributed by atoms with E-state index in [1.54, 1.807) is 0 Å². The third kappa shape index (κ3) is 4.94. The van der Waals surface area contributed by atoms with Crippen molar-refractivity contribution in [3.05, 3.63) is 102 Å². The summed E-state index contributed by atoms with van der Waals surface area (Å²) in [7, 11) is 0. The van der Waals surface area contributed by atoms with Crippen molar-refractivity contribution in [2.75, 3.05) is 0 Å². The maximum Gasteiger partial charge on any atom is 0.307 e. The summed E-state index contributed by atoms with van der Waals surface area (Å²) in [5.74, 6) is -0.00960. The molecule has 0 spiro atoms. The average molecular weight is 517 g/mol. The Morgan fingerprint density at radius 1 is 0.974 bits per heavy atom. The zero-order valence-electron chi connectivity index (χ0n) is 21.5. The molecule has 194 valence electrons. The Hall–Kier alpha value is -4.70. The van der Waals surface area contributed by atoms with Crippen LogP contribution in [0.3, 0.4) is 0 Å². The van der Waals surface area contributed by atoms with E-state index in [0.29, 0.717) is 30.9 Å². The van der Waals surface area contributed by atoms with E-state index in [1.807, 2.05) is 78.9 Å². The molecule has 0 radical (unpaired) electrons. The van der Waals surface area contributed by atoms with E-state index < -0.39 is 11.9 Å². The minimum absolute atomic E-state index is 0.191. The summed E-state index contributed by atoms with van der Waals surface area (Å²) < 4.78 is 8.20. The molecule has 39 heavy (non-hydrogen) atoms. The first-order valence-electron chi connectivity index (χ1n) is 13.3. The quantitative estimate of drug-likeness (QED) is 0.267. The number of rotatable bonds is 7. The Labute approximate surface area is 226 Å². The van der Waals surface area contributed by atoms with Crippen molar-refractivity contribution in [3.63, 3.8) is 0 Å². The molecule has 1 aliphatic rings. The lowest BCUT2D eigenvalue weighted by Crippen LogP contribution is -2.27. The lowest BCUT2D eigenvalue weighted by atomic mass is 9.78. The van der Waals surface area contributed by atoms with Crippen molar-refractivity contribution in [2.24, 2.45) is 5.92 Å². The van der Waals surface area contributed by atoms with Crippen LogP contribution in [-0.2, 0) is 17.9 Å². The summed E-state index contributed by atoms with van der Waals surface area (Å²) in [5.41, 5.74) is 4.88. The third-order valence-corrected chi connectivity index (χ3v) is 7.67. The van der Waals surface area contributed by atoms with Gasteiger partial charge in [0.2, 0.25) is 0 Å². The zero-order valence-corrected chi connectivity index (χ0v) is 21.5. The van der Waals surface area contributed by atoms with Gasteiger partial charge in [0.1, 0.15) is 18.2 Å². The predicted octanol–water partition coefficient (Wildman–Crippen LogP) is 6.44. The van der Waals surface area contributed by atoms with E-state index in [1.165, 1.54) is 0 Å². The highest BCUT2D eigenvalue weighted by Crippen LogP contribution is 2.39. The minimum atomic E-state index is -0.775. The van der Waals surface area contributed by atoms with Gasteiger partial charge < -0.3 is 14.4 Å². The monoisotopic (exact) mass is 516 g/mol. The number of hydrogen-bond donors (Lipinski definition) is 1. The highest BCUT2D eigenvalue weighted by atomic mass is 16.5. The number of aliphatic carboxylic acids is 1. The number of fused-ring (bicyclic) bond motifs is 2. The van der Waals surface area contributed by atoms with Crippen LogP contribution in [0.25, 0.3) is 21.9 Å². The maximum atomic E-state index is 12.2. The van der Waals surface area contributed by atoms with E-state index in [0.717, 1.165) is 58.3 Å². The minimum Gasteiger partial charge on any atom is -0.487 e. The lowest BCUT2D eigenvalue weighted by Gasteiger charge is -2.28. The fourth-order valence-corrected chi connectivity index (χ4v) is 5.69. The van der Waals surface area contributed by atoms with Gasteiger partial charge in [-0.1, -0.05) is 55.3 Å². The number of benzene rings is 3. The standard InChI is InChI=1S/C32H28N4O3/c33-18-22-8-1-2-9-23(22)19-36-30-16-15-25(39-20-24-14-13-21-7-3-6-12-28(21)34-24)17-29(30)35-31(36)26-10-4-5-11-27(26)32(37)38/h1-3,6-9,12-17,26-27H,4-5,10-11,19-20H2,(H,37,38)/t26-,27+/m0/s1. The molecular weight excluding hydrogens is 488 g/mol. The highest BCUT2D eigenvalue weighted by molar-refractivity contribution is 5.79. The number of carboxylic acid groups (broad SMARTS) is 1. The van der Waals surface area contributed by atoms with Crippen LogP contribution in [0, 0.1) is 17.2 Å². The first kappa shape index (κ1) is 24.6. The summed E-state index contributed by atoms with van der Waals surface area (Å²) in [6.45, 7) is 0.767. The number of pyridine rings is 1. The fourth-order valence-electron chi connectivity index (χ4n) is 5.69. The Bertz CT molecular complexity index is 1720. The molecule has 0 bridgehead atoms. The first-order chi connectivity index (χ1) is 19.1. The lowest BCUT2D eigenvalue weighted by molar-refractivity contribution is -0.143. The van der Waals surface area contributed by atoms with E-state index in [-0.39, 0.29) is 5.92 Å². The molecule has 0 saturated heterocycles. The molecule has 1 saturated carbocycles. The van der Waals surface area contributed by atoms with Crippen molar-refractivity contribution in [1.82, 2.24) is 14.5 Å². The summed E-state index contributed by atoms with van der Waals surface area (Å²) in [6.07, 6.45) is 3.30. The van der Waals surface area contributed by atoms with Gasteiger partial charge in [0, 0.05) is 17.4 Å². The van der Waals surface area contributed by atoms with Crippen molar-refractivity contribution in [3.8, 4) is 11.8 Å². The second-order valence-corrected chi connectivity index (χ2v) is 10.1. The normalized spacial score (nSPS) is 17.2. The zero-order chi connectivity index (χ0) is 26.8. The molecule has 2 aromatic heterocycles. The number of imidazole rings is 1. The Balaban J connectivity index is 1.36. The van der Waals surface area contributed by atoms with Crippen molar-refractivity contribution in [1.29, 1.82) is 5.26 Å². The Kier molecular flexibility index (Phi) is 6.68. The van der Waals surface area contributed by atoms with Crippen LogP contribution in [0.1, 0.15) is 54.2 Å². The molecule has 0 amide bonds. The SMILES string of the molecule is N#Cc1ccccc1Cn1c([C@H]2CCCC[C@H]2C(=O)O)nc2cc(OCc3ccc4ccccc4n3)ccc21. The summed E-state index contributed by atoms with van der Waals surface area (Å²) >= 11 is 0. The van der Waals surface area contributed by atoms with Crippen LogP contribution in [0.4, 0.5) is 0 Å². The van der Waals surface area contributed by atoms with E-state index in [2.05, 4.69) is 10.6 Å². The molecule has 1 fully saturated rings. The Morgan fingerprint density at radius 3 is 2.67 bits per heavy atom. The van der Waals surface area contributed by atoms with Gasteiger partial charge >= 0.3 is 5.97 Å². The topological polar surface area (TPSA) is 101 Å². The largest absolute Gasteiger partial charge is 0.487 e. The van der Waals surface area contributed by atoms with Gasteiger partial charge in [-0.3, -0.25) is 4.79 Å². The molecule has 0 unspecified atom stereocenters. The summed E-state index contributed by atoms with van der Waals surface area (Å²) in [6, 6.07) is 27.6. The van der Waals surface area contributed by atoms with Gasteiger partial charge in [0.05, 0.1) is 46.3 Å². The van der Waals surface area contributed by atoms with Crippen LogP contribution in [0.2, 0.25) is 0 Å². The molecule has 0 aliphatic heterocycles. The van der Waals surface area contributed by atoms with Crippen molar-refractivity contribution < 1.29 is 14.6 Å². The number of nitriles is 1. The Morgan fingerprint density at radius 2 is 1.79 bits per heavy atom. The van der Waals surface area contributed by atoms with Crippen LogP contribution >= 0.6 is 0 Å².